The van der Waals surface area contributed by atoms with Gasteiger partial charge in [0, 0.05) is 18.7 Å². The fourth-order valence-electron chi connectivity index (χ4n) is 2.51. The van der Waals surface area contributed by atoms with Crippen LogP contribution in [0, 0.1) is 13.8 Å². The van der Waals surface area contributed by atoms with Crippen molar-refractivity contribution in [3.05, 3.63) is 47.0 Å². The average Bonchev–Trinajstić information content (AvgIpc) is 2.58. The summed E-state index contributed by atoms with van der Waals surface area (Å²) in [7, 11) is 0. The molecule has 0 unspecified atom stereocenters. The Morgan fingerprint density at radius 1 is 1.00 bits per heavy atom. The second kappa shape index (κ2) is 8.43. The van der Waals surface area contributed by atoms with E-state index in [1.165, 1.54) is 5.56 Å². The van der Waals surface area contributed by atoms with Crippen LogP contribution in [0.15, 0.2) is 30.3 Å². The molecule has 0 aliphatic rings. The average molecular weight is 326 g/mol. The highest BCUT2D eigenvalue weighted by molar-refractivity contribution is 6.03. The lowest BCUT2D eigenvalue weighted by Gasteiger charge is -2.21. The predicted molar refractivity (Wildman–Crippen MR) is 98.7 cm³/mol. The number of amides is 1. The van der Waals surface area contributed by atoms with Crippen LogP contribution in [0.5, 0.6) is 0 Å². The van der Waals surface area contributed by atoms with Gasteiger partial charge in [-0.25, -0.2) is 0 Å². The molecule has 1 heterocycles. The molecule has 0 aliphatic heterocycles. The zero-order valence-electron chi connectivity index (χ0n) is 15.0. The van der Waals surface area contributed by atoms with Crippen molar-refractivity contribution in [2.45, 2.75) is 40.5 Å². The van der Waals surface area contributed by atoms with Crippen LogP contribution in [-0.4, -0.2) is 29.2 Å². The molecule has 1 aromatic heterocycles. The lowest BCUT2D eigenvalue weighted by Crippen LogP contribution is -2.26. The number of benzene rings is 1. The molecule has 0 spiro atoms. The number of aromatic nitrogens is 2. The Morgan fingerprint density at radius 2 is 1.71 bits per heavy atom. The van der Waals surface area contributed by atoms with Gasteiger partial charge in [-0.2, -0.15) is 0 Å². The van der Waals surface area contributed by atoms with Crippen molar-refractivity contribution < 1.29 is 4.79 Å². The molecule has 1 amide bonds. The van der Waals surface area contributed by atoms with Crippen LogP contribution in [-0.2, 0) is 0 Å². The first-order valence-electron chi connectivity index (χ1n) is 8.52. The Bertz CT molecular complexity index is 676. The summed E-state index contributed by atoms with van der Waals surface area (Å²) in [6, 6.07) is 9.38. The Hall–Kier alpha value is -2.43. The second-order valence-electron chi connectivity index (χ2n) is 6.02. The van der Waals surface area contributed by atoms with E-state index in [-0.39, 0.29) is 5.91 Å². The van der Waals surface area contributed by atoms with Gasteiger partial charge in [0.25, 0.3) is 5.91 Å². The van der Waals surface area contributed by atoms with Crippen LogP contribution in [0.3, 0.4) is 0 Å². The van der Waals surface area contributed by atoms with Crippen molar-refractivity contribution >= 4 is 17.5 Å². The quantitative estimate of drug-likeness (QED) is 0.836. The maximum absolute atomic E-state index is 12.3. The smallest absolute Gasteiger partial charge is 0.256 e. The fourth-order valence-corrected chi connectivity index (χ4v) is 2.51. The Kier molecular flexibility index (Phi) is 6.29. The van der Waals surface area contributed by atoms with Crippen molar-refractivity contribution in [1.29, 1.82) is 0 Å². The van der Waals surface area contributed by atoms with Crippen molar-refractivity contribution in [1.82, 2.24) is 10.2 Å². The topological polar surface area (TPSA) is 58.1 Å². The minimum atomic E-state index is -0.167. The van der Waals surface area contributed by atoms with Gasteiger partial charge in [0.2, 0.25) is 0 Å². The van der Waals surface area contributed by atoms with Crippen LogP contribution in [0.4, 0.5) is 11.6 Å². The SMILES string of the molecule is CCCN(CCC)c1ccc(NC(=O)c2ccc(C)c(C)c2)nn1. The van der Waals surface area contributed by atoms with E-state index in [4.69, 9.17) is 0 Å². The molecule has 1 N–H and O–H groups in total. The first-order valence-corrected chi connectivity index (χ1v) is 8.52. The molecule has 0 atom stereocenters. The normalized spacial score (nSPS) is 10.5. The summed E-state index contributed by atoms with van der Waals surface area (Å²) in [6.07, 6.45) is 2.12. The third kappa shape index (κ3) is 4.54. The molecule has 0 radical (unpaired) electrons. The van der Waals surface area contributed by atoms with Crippen LogP contribution in [0.25, 0.3) is 0 Å². The standard InChI is InChI=1S/C19H26N4O/c1-5-11-23(12-6-2)18-10-9-17(21-22-18)20-19(24)16-8-7-14(3)15(4)13-16/h7-10,13H,5-6,11-12H2,1-4H3,(H,20,21,24). The number of hydrogen-bond donors (Lipinski definition) is 1. The number of anilines is 2. The van der Waals surface area contributed by atoms with Gasteiger partial charge < -0.3 is 10.2 Å². The molecule has 0 aliphatic carbocycles. The highest BCUT2D eigenvalue weighted by Gasteiger charge is 2.10. The Balaban J connectivity index is 2.07. The summed E-state index contributed by atoms with van der Waals surface area (Å²) in [4.78, 5) is 14.5. The summed E-state index contributed by atoms with van der Waals surface area (Å²) >= 11 is 0. The summed E-state index contributed by atoms with van der Waals surface area (Å²) in [5.74, 6) is 1.15. The highest BCUT2D eigenvalue weighted by atomic mass is 16.1. The molecule has 5 nitrogen and oxygen atoms in total. The van der Waals surface area contributed by atoms with Gasteiger partial charge in [-0.05, 0) is 62.1 Å². The molecule has 0 saturated carbocycles. The van der Waals surface area contributed by atoms with Crippen LogP contribution in [0.1, 0.15) is 48.2 Å². The first kappa shape index (κ1) is 17.9. The van der Waals surface area contributed by atoms with E-state index in [1.807, 2.05) is 38.1 Å². The lowest BCUT2D eigenvalue weighted by molar-refractivity contribution is 0.102. The summed E-state index contributed by atoms with van der Waals surface area (Å²) in [5, 5.41) is 11.2. The van der Waals surface area contributed by atoms with E-state index in [2.05, 4.69) is 34.3 Å². The molecule has 0 saturated heterocycles. The van der Waals surface area contributed by atoms with Crippen molar-refractivity contribution in [2.75, 3.05) is 23.3 Å². The molecule has 128 valence electrons. The third-order valence-corrected chi connectivity index (χ3v) is 3.97. The zero-order chi connectivity index (χ0) is 17.5. The Morgan fingerprint density at radius 3 is 2.25 bits per heavy atom. The number of nitrogens with one attached hydrogen (secondary N) is 1. The number of aryl methyl sites for hydroxylation is 2. The molecular weight excluding hydrogens is 300 g/mol. The third-order valence-electron chi connectivity index (χ3n) is 3.97. The lowest BCUT2D eigenvalue weighted by atomic mass is 10.1. The van der Waals surface area contributed by atoms with E-state index < -0.39 is 0 Å². The van der Waals surface area contributed by atoms with E-state index >= 15 is 0 Å². The van der Waals surface area contributed by atoms with Crippen LogP contribution < -0.4 is 10.2 Å². The zero-order valence-corrected chi connectivity index (χ0v) is 15.0. The highest BCUT2D eigenvalue weighted by Crippen LogP contribution is 2.15. The minimum Gasteiger partial charge on any atom is -0.355 e. The molecule has 2 rings (SSSR count). The number of carbonyl (C=O) groups is 1. The van der Waals surface area contributed by atoms with Gasteiger partial charge in [0.1, 0.15) is 0 Å². The molecule has 5 heteroatoms. The summed E-state index contributed by atoms with van der Waals surface area (Å²) in [6.45, 7) is 10.2. The van der Waals surface area contributed by atoms with Gasteiger partial charge in [-0.1, -0.05) is 19.9 Å². The number of rotatable bonds is 7. The van der Waals surface area contributed by atoms with Crippen LogP contribution in [0.2, 0.25) is 0 Å². The molecular formula is C19H26N4O. The van der Waals surface area contributed by atoms with Crippen molar-refractivity contribution in [3.63, 3.8) is 0 Å². The number of nitrogens with zero attached hydrogens (tertiary/aromatic N) is 3. The minimum absolute atomic E-state index is 0.167. The van der Waals surface area contributed by atoms with Gasteiger partial charge in [0.15, 0.2) is 11.6 Å². The van der Waals surface area contributed by atoms with Gasteiger partial charge in [-0.15, -0.1) is 10.2 Å². The summed E-state index contributed by atoms with van der Waals surface area (Å²) in [5.41, 5.74) is 2.89. The second-order valence-corrected chi connectivity index (χ2v) is 6.02. The van der Waals surface area contributed by atoms with Gasteiger partial charge >= 0.3 is 0 Å². The van der Waals surface area contributed by atoms with E-state index in [9.17, 15) is 4.79 Å². The molecule has 0 fully saturated rings. The number of carbonyl (C=O) groups excluding carboxylic acids is 1. The van der Waals surface area contributed by atoms with Crippen LogP contribution >= 0.6 is 0 Å². The van der Waals surface area contributed by atoms with Gasteiger partial charge in [-0.3, -0.25) is 4.79 Å². The first-order chi connectivity index (χ1) is 11.5. The molecule has 1 aromatic carbocycles. The monoisotopic (exact) mass is 326 g/mol. The molecule has 0 bridgehead atoms. The predicted octanol–water partition coefficient (Wildman–Crippen LogP) is 3.97. The molecule has 24 heavy (non-hydrogen) atoms. The van der Waals surface area contributed by atoms with E-state index in [0.717, 1.165) is 37.3 Å². The number of hydrogen-bond acceptors (Lipinski definition) is 4. The van der Waals surface area contributed by atoms with E-state index in [1.54, 1.807) is 6.07 Å². The Labute approximate surface area is 144 Å². The van der Waals surface area contributed by atoms with Crippen molar-refractivity contribution in [2.24, 2.45) is 0 Å². The van der Waals surface area contributed by atoms with Crippen molar-refractivity contribution in [3.8, 4) is 0 Å². The molecule has 2 aromatic rings. The fraction of sp³-hybridized carbons (Fsp3) is 0.421. The maximum atomic E-state index is 12.3. The largest absolute Gasteiger partial charge is 0.355 e. The van der Waals surface area contributed by atoms with E-state index in [0.29, 0.717) is 11.4 Å². The van der Waals surface area contributed by atoms with Gasteiger partial charge in [0.05, 0.1) is 0 Å². The summed E-state index contributed by atoms with van der Waals surface area (Å²) < 4.78 is 0. The maximum Gasteiger partial charge on any atom is 0.256 e.